The molecule has 3 heterocycles. The number of H-pyrrole nitrogens is 1. The molecule has 0 saturated heterocycles. The number of hydrogen-bond donors (Lipinski definition) is 1. The molecule has 4 aromatic rings. The summed E-state index contributed by atoms with van der Waals surface area (Å²) in [7, 11) is 0. The van der Waals surface area contributed by atoms with Crippen molar-refractivity contribution in [3.63, 3.8) is 0 Å². The number of alkyl halides is 1. The van der Waals surface area contributed by atoms with Crippen LogP contribution in [0, 0.1) is 12.7 Å². The summed E-state index contributed by atoms with van der Waals surface area (Å²) in [6.07, 6.45) is 0.483. The number of aromatic amines is 1. The summed E-state index contributed by atoms with van der Waals surface area (Å²) >= 11 is 0. The summed E-state index contributed by atoms with van der Waals surface area (Å²) in [5, 5.41) is 14.4. The Morgan fingerprint density at radius 3 is 2.83 bits per heavy atom. The largest absolute Gasteiger partial charge is 0.242 e. The highest BCUT2D eigenvalue weighted by Gasteiger charge is 2.16. The van der Waals surface area contributed by atoms with Gasteiger partial charge in [-0.1, -0.05) is 0 Å². The summed E-state index contributed by atoms with van der Waals surface area (Å²) in [5.41, 5.74) is 3.09. The molecule has 0 aliphatic rings. The van der Waals surface area contributed by atoms with Crippen LogP contribution in [0.5, 0.6) is 0 Å². The van der Waals surface area contributed by atoms with Gasteiger partial charge in [-0.15, -0.1) is 0 Å². The van der Waals surface area contributed by atoms with Crippen LogP contribution >= 0.6 is 0 Å². The summed E-state index contributed by atoms with van der Waals surface area (Å²) in [6, 6.07) is 4.56. The van der Waals surface area contributed by atoms with Crippen LogP contribution in [0.25, 0.3) is 27.9 Å². The standard InChI is InChI=1S/C15H12F2N6/c1-7-6-23-15(18-7)10(8(2)16)5-12(21-23)9-3-11(17)14-13(4-9)19-22-20-14/h3-6,8H,1-2H3,(H,19,20,22). The van der Waals surface area contributed by atoms with Crippen LogP contribution in [-0.4, -0.2) is 30.0 Å². The number of hydrogen-bond acceptors (Lipinski definition) is 4. The first-order chi connectivity index (χ1) is 11.0. The van der Waals surface area contributed by atoms with E-state index in [9.17, 15) is 8.78 Å². The van der Waals surface area contributed by atoms with Gasteiger partial charge in [-0.05, 0) is 32.0 Å². The third-order valence-corrected chi connectivity index (χ3v) is 3.67. The maximum absolute atomic E-state index is 14.1. The average molecular weight is 314 g/mol. The first-order valence-corrected chi connectivity index (χ1v) is 7.04. The number of nitrogens with zero attached hydrogens (tertiary/aromatic N) is 5. The van der Waals surface area contributed by atoms with Gasteiger partial charge in [0.1, 0.15) is 17.2 Å². The van der Waals surface area contributed by atoms with Gasteiger partial charge < -0.3 is 0 Å². The molecule has 1 unspecified atom stereocenters. The van der Waals surface area contributed by atoms with E-state index in [0.29, 0.717) is 28.0 Å². The molecular weight excluding hydrogens is 302 g/mol. The summed E-state index contributed by atoms with van der Waals surface area (Å²) in [5.74, 6) is -0.509. The minimum absolute atomic E-state index is 0.160. The Morgan fingerprint density at radius 1 is 1.22 bits per heavy atom. The van der Waals surface area contributed by atoms with Gasteiger partial charge in [-0.25, -0.2) is 18.3 Å². The molecule has 23 heavy (non-hydrogen) atoms. The number of halogens is 2. The normalized spacial score (nSPS) is 13.0. The summed E-state index contributed by atoms with van der Waals surface area (Å²) in [6.45, 7) is 3.24. The lowest BCUT2D eigenvalue weighted by molar-refractivity contribution is 0.375. The fourth-order valence-corrected chi connectivity index (χ4v) is 2.61. The molecule has 0 aliphatic carbocycles. The highest BCUT2D eigenvalue weighted by atomic mass is 19.1. The smallest absolute Gasteiger partial charge is 0.159 e. The average Bonchev–Trinajstić information content (AvgIpc) is 3.10. The molecular formula is C15H12F2N6. The predicted octanol–water partition coefficient (Wildman–Crippen LogP) is 3.15. The number of rotatable bonds is 2. The van der Waals surface area contributed by atoms with Crippen LogP contribution < -0.4 is 0 Å². The zero-order valence-corrected chi connectivity index (χ0v) is 12.4. The number of imidazole rings is 1. The Balaban J connectivity index is 1.99. The molecule has 1 N–H and O–H groups in total. The van der Waals surface area contributed by atoms with Gasteiger partial charge in [0.15, 0.2) is 11.5 Å². The topological polar surface area (TPSA) is 71.8 Å². The van der Waals surface area contributed by atoms with Crippen LogP contribution in [0.2, 0.25) is 0 Å². The minimum Gasteiger partial charge on any atom is -0.242 e. The van der Waals surface area contributed by atoms with Crippen LogP contribution in [0.15, 0.2) is 24.4 Å². The molecule has 1 aromatic carbocycles. The quantitative estimate of drug-likeness (QED) is 0.617. The Hall–Kier alpha value is -2.90. The minimum atomic E-state index is -1.22. The number of fused-ring (bicyclic) bond motifs is 2. The highest BCUT2D eigenvalue weighted by molar-refractivity contribution is 5.81. The summed E-state index contributed by atoms with van der Waals surface area (Å²) in [4.78, 5) is 4.29. The van der Waals surface area contributed by atoms with E-state index in [0.717, 1.165) is 5.69 Å². The molecule has 1 atom stereocenters. The molecule has 3 aromatic heterocycles. The van der Waals surface area contributed by atoms with Gasteiger partial charge in [0.2, 0.25) is 0 Å². The number of benzene rings is 1. The fraction of sp³-hybridized carbons (Fsp3) is 0.200. The second-order valence-corrected chi connectivity index (χ2v) is 5.40. The Bertz CT molecular complexity index is 1030. The maximum Gasteiger partial charge on any atom is 0.159 e. The van der Waals surface area contributed by atoms with E-state index in [1.807, 2.05) is 6.92 Å². The highest BCUT2D eigenvalue weighted by Crippen LogP contribution is 2.28. The van der Waals surface area contributed by atoms with Crippen LogP contribution in [0.4, 0.5) is 8.78 Å². The van der Waals surface area contributed by atoms with Crippen LogP contribution in [0.3, 0.4) is 0 Å². The lowest BCUT2D eigenvalue weighted by Gasteiger charge is -2.08. The van der Waals surface area contributed by atoms with Gasteiger partial charge in [-0.2, -0.15) is 20.5 Å². The molecule has 116 valence electrons. The number of nitrogens with one attached hydrogen (secondary N) is 1. The van der Waals surface area contributed by atoms with Gasteiger partial charge in [0.05, 0.1) is 17.6 Å². The first kappa shape index (κ1) is 13.7. The monoisotopic (exact) mass is 314 g/mol. The van der Waals surface area contributed by atoms with E-state index in [-0.39, 0.29) is 5.52 Å². The van der Waals surface area contributed by atoms with E-state index in [2.05, 4.69) is 25.5 Å². The first-order valence-electron chi connectivity index (χ1n) is 7.04. The van der Waals surface area contributed by atoms with Gasteiger partial charge in [0.25, 0.3) is 0 Å². The van der Waals surface area contributed by atoms with Crippen LogP contribution in [0.1, 0.15) is 24.4 Å². The van der Waals surface area contributed by atoms with Gasteiger partial charge >= 0.3 is 0 Å². The van der Waals surface area contributed by atoms with Crippen LogP contribution in [-0.2, 0) is 0 Å². The number of aryl methyl sites for hydroxylation is 1. The zero-order chi connectivity index (χ0) is 16.1. The van der Waals surface area contributed by atoms with Crippen molar-refractivity contribution in [2.75, 3.05) is 0 Å². The molecule has 0 spiro atoms. The third-order valence-electron chi connectivity index (χ3n) is 3.67. The van der Waals surface area contributed by atoms with Crippen molar-refractivity contribution in [2.45, 2.75) is 20.0 Å². The van der Waals surface area contributed by atoms with E-state index < -0.39 is 12.0 Å². The van der Waals surface area contributed by atoms with E-state index >= 15 is 0 Å². The van der Waals surface area contributed by atoms with Crippen molar-refractivity contribution in [1.29, 1.82) is 0 Å². The molecule has 0 aliphatic heterocycles. The lowest BCUT2D eigenvalue weighted by atomic mass is 10.1. The molecule has 0 saturated carbocycles. The molecule has 4 rings (SSSR count). The molecule has 6 nitrogen and oxygen atoms in total. The van der Waals surface area contributed by atoms with Crippen molar-refractivity contribution in [1.82, 2.24) is 30.0 Å². The van der Waals surface area contributed by atoms with Gasteiger partial charge in [-0.3, -0.25) is 0 Å². The summed E-state index contributed by atoms with van der Waals surface area (Å²) < 4.78 is 29.6. The fourth-order valence-electron chi connectivity index (χ4n) is 2.61. The molecule has 8 heteroatoms. The van der Waals surface area contributed by atoms with Crippen molar-refractivity contribution in [3.05, 3.63) is 41.5 Å². The Labute approximate surface area is 129 Å². The Kier molecular flexibility index (Phi) is 2.87. The van der Waals surface area contributed by atoms with Gasteiger partial charge in [0, 0.05) is 11.1 Å². The molecule has 0 bridgehead atoms. The number of aromatic nitrogens is 6. The Morgan fingerprint density at radius 2 is 2.04 bits per heavy atom. The maximum atomic E-state index is 14.1. The molecule has 0 amide bonds. The zero-order valence-electron chi connectivity index (χ0n) is 12.4. The predicted molar refractivity (Wildman–Crippen MR) is 80.1 cm³/mol. The lowest BCUT2D eigenvalue weighted by Crippen LogP contribution is -2.00. The van der Waals surface area contributed by atoms with Crippen molar-refractivity contribution >= 4 is 16.7 Å². The van der Waals surface area contributed by atoms with E-state index in [1.165, 1.54) is 17.5 Å². The molecule has 0 radical (unpaired) electrons. The third kappa shape index (κ3) is 2.14. The second-order valence-electron chi connectivity index (χ2n) is 5.40. The second kappa shape index (κ2) is 4.80. The van der Waals surface area contributed by atoms with Crippen molar-refractivity contribution < 1.29 is 8.78 Å². The van der Waals surface area contributed by atoms with Crippen molar-refractivity contribution in [2.24, 2.45) is 0 Å². The van der Waals surface area contributed by atoms with E-state index in [4.69, 9.17) is 0 Å². The molecule has 0 fully saturated rings. The van der Waals surface area contributed by atoms with Crippen molar-refractivity contribution in [3.8, 4) is 11.3 Å². The van der Waals surface area contributed by atoms with E-state index in [1.54, 1.807) is 18.3 Å². The SMILES string of the molecule is Cc1cn2nc(-c3cc(F)c4n[nH]nc4c3)cc(C(C)F)c2n1.